The molecule has 0 amide bonds. The quantitative estimate of drug-likeness (QED) is 0.258. The number of esters is 1. The highest BCUT2D eigenvalue weighted by Gasteiger charge is 2.32. The Kier molecular flexibility index (Phi) is 6.49. The molecule has 0 bridgehead atoms. The van der Waals surface area contributed by atoms with Gasteiger partial charge in [-0.3, -0.25) is 4.79 Å². The lowest BCUT2D eigenvalue weighted by Gasteiger charge is -2.22. The molecular formula is C26H29O2S+. The van der Waals surface area contributed by atoms with Crippen LogP contribution in [-0.4, -0.2) is 5.97 Å². The predicted octanol–water partition coefficient (Wildman–Crippen LogP) is 6.74. The molecule has 3 heteroatoms. The van der Waals surface area contributed by atoms with Crippen molar-refractivity contribution < 1.29 is 9.53 Å². The van der Waals surface area contributed by atoms with Gasteiger partial charge in [0.05, 0.1) is 16.3 Å². The summed E-state index contributed by atoms with van der Waals surface area (Å²) >= 11 is 0. The van der Waals surface area contributed by atoms with Gasteiger partial charge in [-0.2, -0.15) is 0 Å². The van der Waals surface area contributed by atoms with Crippen LogP contribution in [0, 0.1) is 19.3 Å². The van der Waals surface area contributed by atoms with E-state index in [1.807, 2.05) is 46.8 Å². The van der Waals surface area contributed by atoms with Crippen molar-refractivity contribution in [3.8, 4) is 5.75 Å². The molecule has 0 aliphatic carbocycles. The monoisotopic (exact) mass is 405 g/mol. The maximum atomic E-state index is 12.6. The summed E-state index contributed by atoms with van der Waals surface area (Å²) in [4.78, 5) is 16.4. The van der Waals surface area contributed by atoms with Crippen LogP contribution >= 0.6 is 0 Å². The fourth-order valence-corrected chi connectivity index (χ4v) is 5.35. The summed E-state index contributed by atoms with van der Waals surface area (Å²) in [6.07, 6.45) is 0.744. The Labute approximate surface area is 177 Å². The minimum atomic E-state index is -0.490. The molecule has 150 valence electrons. The lowest BCUT2D eigenvalue weighted by atomic mass is 9.90. The zero-order valence-corrected chi connectivity index (χ0v) is 18.7. The summed E-state index contributed by atoms with van der Waals surface area (Å²) in [6, 6.07) is 25.5. The van der Waals surface area contributed by atoms with Crippen molar-refractivity contribution in [3.63, 3.8) is 0 Å². The van der Waals surface area contributed by atoms with E-state index in [0.717, 1.165) is 17.5 Å². The molecule has 0 heterocycles. The topological polar surface area (TPSA) is 26.3 Å². The van der Waals surface area contributed by atoms with Gasteiger partial charge in [-0.05, 0) is 69.5 Å². The summed E-state index contributed by atoms with van der Waals surface area (Å²) in [7, 11) is -0.215. The summed E-state index contributed by atoms with van der Waals surface area (Å²) in [5.74, 6) is 0.508. The molecule has 0 atom stereocenters. The van der Waals surface area contributed by atoms with Crippen molar-refractivity contribution in [3.05, 3.63) is 83.9 Å². The number of aryl methyl sites for hydroxylation is 2. The average Bonchev–Trinajstić information content (AvgIpc) is 2.72. The molecule has 2 nitrogen and oxygen atoms in total. The molecule has 0 saturated carbocycles. The van der Waals surface area contributed by atoms with Gasteiger partial charge in [0, 0.05) is 12.1 Å². The summed E-state index contributed by atoms with van der Waals surface area (Å²) in [5.41, 5.74) is 1.49. The SMILES string of the molecule is CCC(C)(C)C(=O)Oc1c(C)cc([S+](c2ccccc2)c2ccccc2)cc1C. The van der Waals surface area contributed by atoms with Crippen molar-refractivity contribution in [2.24, 2.45) is 5.41 Å². The Morgan fingerprint density at radius 1 is 0.828 bits per heavy atom. The second-order valence-electron chi connectivity index (χ2n) is 7.95. The van der Waals surface area contributed by atoms with Crippen LogP contribution in [0.3, 0.4) is 0 Å². The number of benzene rings is 3. The van der Waals surface area contributed by atoms with Gasteiger partial charge < -0.3 is 4.74 Å². The minimum absolute atomic E-state index is 0.177. The van der Waals surface area contributed by atoms with Gasteiger partial charge in [-0.15, -0.1) is 0 Å². The van der Waals surface area contributed by atoms with Crippen LogP contribution in [0.1, 0.15) is 38.3 Å². The van der Waals surface area contributed by atoms with E-state index in [-0.39, 0.29) is 16.9 Å². The first kappa shape index (κ1) is 21.2. The molecular weight excluding hydrogens is 376 g/mol. The van der Waals surface area contributed by atoms with Gasteiger partial charge >= 0.3 is 5.97 Å². The Bertz CT molecular complexity index is 916. The van der Waals surface area contributed by atoms with Crippen molar-refractivity contribution in [2.45, 2.75) is 55.7 Å². The van der Waals surface area contributed by atoms with Crippen LogP contribution < -0.4 is 4.74 Å². The van der Waals surface area contributed by atoms with E-state index in [4.69, 9.17) is 4.74 Å². The van der Waals surface area contributed by atoms with Crippen LogP contribution in [0.25, 0.3) is 0 Å². The maximum Gasteiger partial charge on any atom is 0.316 e. The normalized spacial score (nSPS) is 11.5. The predicted molar refractivity (Wildman–Crippen MR) is 121 cm³/mol. The number of rotatable bonds is 6. The highest BCUT2D eigenvalue weighted by Crippen LogP contribution is 2.36. The molecule has 0 unspecified atom stereocenters. The van der Waals surface area contributed by atoms with E-state index in [2.05, 4.69) is 60.7 Å². The molecule has 0 saturated heterocycles. The third kappa shape index (κ3) is 4.73. The number of hydrogen-bond donors (Lipinski definition) is 0. The van der Waals surface area contributed by atoms with Crippen molar-refractivity contribution in [1.82, 2.24) is 0 Å². The van der Waals surface area contributed by atoms with Crippen molar-refractivity contribution in [1.29, 1.82) is 0 Å². The van der Waals surface area contributed by atoms with Gasteiger partial charge in [0.2, 0.25) is 0 Å². The highest BCUT2D eigenvalue weighted by atomic mass is 32.2. The van der Waals surface area contributed by atoms with Gasteiger partial charge in [0.1, 0.15) is 5.75 Å². The molecule has 3 aromatic carbocycles. The van der Waals surface area contributed by atoms with Crippen LogP contribution in [0.15, 0.2) is 87.5 Å². The third-order valence-electron chi connectivity index (χ3n) is 5.26. The molecule has 0 spiro atoms. The van der Waals surface area contributed by atoms with Crippen LogP contribution in [0.5, 0.6) is 5.75 Å². The average molecular weight is 406 g/mol. The van der Waals surface area contributed by atoms with E-state index in [1.54, 1.807) is 0 Å². The Morgan fingerprint density at radius 2 is 1.28 bits per heavy atom. The zero-order valence-electron chi connectivity index (χ0n) is 17.9. The Morgan fingerprint density at radius 3 is 1.69 bits per heavy atom. The first-order valence-electron chi connectivity index (χ1n) is 10.0. The fraction of sp³-hybridized carbons (Fsp3) is 0.269. The second-order valence-corrected chi connectivity index (χ2v) is 9.97. The first-order chi connectivity index (χ1) is 13.8. The van der Waals surface area contributed by atoms with Gasteiger partial charge in [-0.1, -0.05) is 43.3 Å². The van der Waals surface area contributed by atoms with E-state index in [9.17, 15) is 4.79 Å². The zero-order chi connectivity index (χ0) is 21.0. The minimum Gasteiger partial charge on any atom is -0.426 e. The largest absolute Gasteiger partial charge is 0.426 e. The molecule has 0 N–H and O–H groups in total. The molecule has 3 rings (SSSR count). The van der Waals surface area contributed by atoms with Gasteiger partial charge in [0.15, 0.2) is 14.7 Å². The lowest BCUT2D eigenvalue weighted by Crippen LogP contribution is -2.28. The molecule has 3 aromatic rings. The second kappa shape index (κ2) is 8.87. The van der Waals surface area contributed by atoms with Crippen LogP contribution in [-0.2, 0) is 15.7 Å². The number of carbonyl (C=O) groups is 1. The van der Waals surface area contributed by atoms with E-state index in [0.29, 0.717) is 5.75 Å². The molecule has 29 heavy (non-hydrogen) atoms. The van der Waals surface area contributed by atoms with E-state index >= 15 is 0 Å². The number of hydrogen-bond acceptors (Lipinski definition) is 2. The fourth-order valence-electron chi connectivity index (χ4n) is 3.09. The Hall–Kier alpha value is -2.52. The molecule has 0 aliphatic heterocycles. The first-order valence-corrected chi connectivity index (χ1v) is 11.2. The van der Waals surface area contributed by atoms with E-state index < -0.39 is 5.41 Å². The summed E-state index contributed by atoms with van der Waals surface area (Å²) < 4.78 is 5.84. The highest BCUT2D eigenvalue weighted by molar-refractivity contribution is 7.97. The molecule has 0 aliphatic rings. The molecule has 0 fully saturated rings. The van der Waals surface area contributed by atoms with Crippen molar-refractivity contribution >= 4 is 16.9 Å². The third-order valence-corrected chi connectivity index (χ3v) is 7.45. The van der Waals surface area contributed by atoms with E-state index in [1.165, 1.54) is 14.7 Å². The summed E-state index contributed by atoms with van der Waals surface area (Å²) in [5, 5.41) is 0. The molecule has 0 radical (unpaired) electrons. The van der Waals surface area contributed by atoms with Gasteiger partial charge in [0.25, 0.3) is 0 Å². The standard InChI is InChI=1S/C26H29O2S/c1-6-26(4,5)25(27)28-24-19(2)17-23(18-20(24)3)29(21-13-9-7-10-14-21)22-15-11-8-12-16-22/h7-18H,6H2,1-5H3/q+1. The van der Waals surface area contributed by atoms with Crippen LogP contribution in [0.2, 0.25) is 0 Å². The molecule has 0 aromatic heterocycles. The van der Waals surface area contributed by atoms with Gasteiger partial charge in [-0.25, -0.2) is 0 Å². The number of carbonyl (C=O) groups excluding carboxylic acids is 1. The maximum absolute atomic E-state index is 12.6. The Balaban J connectivity index is 2.04. The van der Waals surface area contributed by atoms with Crippen molar-refractivity contribution in [2.75, 3.05) is 0 Å². The van der Waals surface area contributed by atoms with Crippen LogP contribution in [0.4, 0.5) is 0 Å². The smallest absolute Gasteiger partial charge is 0.316 e. The summed E-state index contributed by atoms with van der Waals surface area (Å²) in [6.45, 7) is 9.91. The lowest BCUT2D eigenvalue weighted by molar-refractivity contribution is -0.144. The number of ether oxygens (including phenoxy) is 1.